The number of hydrogen-bond acceptors (Lipinski definition) is 1. The number of quaternary nitrogens is 1. The van der Waals surface area contributed by atoms with Crippen molar-refractivity contribution in [3.05, 3.63) is 0 Å². The molecule has 0 bridgehead atoms. The fourth-order valence-electron chi connectivity index (χ4n) is 0.539. The summed E-state index contributed by atoms with van der Waals surface area (Å²) in [6.45, 7) is 1.17. The Morgan fingerprint density at radius 3 is 2.50 bits per heavy atom. The zero-order chi connectivity index (χ0) is 7.33. The molecule has 0 aromatic heterocycles. The monoisotopic (exact) mass is 136 g/mol. The van der Waals surface area contributed by atoms with E-state index in [2.05, 4.69) is 21.1 Å². The quantitative estimate of drug-likeness (QED) is 0.333. The Kier molecular flexibility index (Phi) is 2.70. The largest absolute Gasteiger partial charge is 0.331 e. The van der Waals surface area contributed by atoms with E-state index in [9.17, 15) is 0 Å². The molecule has 0 rings (SSSR count). The van der Waals surface area contributed by atoms with Crippen molar-refractivity contribution in [1.29, 1.82) is 1.12 Å². The van der Waals surface area contributed by atoms with Gasteiger partial charge in [-0.2, -0.15) is 12.5 Å². The summed E-state index contributed by atoms with van der Waals surface area (Å²) in [4.78, 5) is 0. The van der Waals surface area contributed by atoms with Crippen LogP contribution in [0, 0.1) is 0 Å². The van der Waals surface area contributed by atoms with E-state index in [-0.39, 0.29) is 0 Å². The molecule has 0 aromatic carbocycles. The SMILES string of the molecule is [3H]SCCC[N+](C)(C)C. The maximum atomic E-state index is 6.82. The number of thiol groups is 1. The average Bonchev–Trinajstić information content (AvgIpc) is 1.63. The molecule has 50 valence electrons. The van der Waals surface area contributed by atoms with Gasteiger partial charge in [0, 0.05) is 6.42 Å². The first-order chi connectivity index (χ1) is 4.06. The van der Waals surface area contributed by atoms with Gasteiger partial charge >= 0.3 is 0 Å². The van der Waals surface area contributed by atoms with E-state index in [1.54, 1.807) is 0 Å². The lowest BCUT2D eigenvalue weighted by Crippen LogP contribution is -2.35. The summed E-state index contributed by atoms with van der Waals surface area (Å²) in [5.41, 5.74) is 0. The van der Waals surface area contributed by atoms with E-state index in [1.807, 2.05) is 0 Å². The van der Waals surface area contributed by atoms with Gasteiger partial charge in [0.2, 0.25) is 0 Å². The normalized spacial score (nSPS) is 13.6. The second-order valence-corrected chi connectivity index (χ2v) is 3.48. The van der Waals surface area contributed by atoms with Crippen molar-refractivity contribution in [1.82, 2.24) is 0 Å². The molecule has 0 aromatic rings. The van der Waals surface area contributed by atoms with Crippen LogP contribution in [0.3, 0.4) is 0 Å². The molecule has 0 aliphatic rings. The van der Waals surface area contributed by atoms with E-state index < -0.39 is 0 Å². The lowest BCUT2D eigenvalue weighted by molar-refractivity contribution is -0.870. The topological polar surface area (TPSA) is 0 Å². The zero-order valence-electron chi connectivity index (χ0n) is 6.98. The highest BCUT2D eigenvalue weighted by molar-refractivity contribution is 7.80. The van der Waals surface area contributed by atoms with Gasteiger partial charge in [0.15, 0.2) is 0 Å². The van der Waals surface area contributed by atoms with Gasteiger partial charge in [-0.05, 0) is 5.75 Å². The molecule has 0 amide bonds. The molecule has 0 heterocycles. The van der Waals surface area contributed by atoms with Crippen LogP contribution in [0.4, 0.5) is 0 Å². The third-order valence-electron chi connectivity index (χ3n) is 0.973. The van der Waals surface area contributed by atoms with Crippen LogP contribution < -0.4 is 0 Å². The molecule has 0 N–H and O–H groups in total. The standard InChI is InChI=1S/C6H15NS/c1-7(2,3)5-4-6-8/h4-6H2,1-3H3/p+1/i/hT. The smallest absolute Gasteiger partial charge is 0.102 e. The molecule has 0 unspecified atom stereocenters. The Morgan fingerprint density at radius 2 is 2.12 bits per heavy atom. The van der Waals surface area contributed by atoms with E-state index in [1.165, 1.54) is 19.1 Å². The van der Waals surface area contributed by atoms with E-state index >= 15 is 0 Å². The molecular weight excluding hydrogens is 118 g/mol. The molecule has 0 spiro atoms. The predicted octanol–water partition coefficient (Wildman–Crippen LogP) is 1.01. The summed E-state index contributed by atoms with van der Waals surface area (Å²) < 4.78 is 7.83. The number of rotatable bonds is 4. The minimum absolute atomic E-state index is 0.968. The highest BCUT2D eigenvalue weighted by atomic mass is 32.1. The Labute approximate surface area is 58.8 Å². The molecule has 0 aliphatic heterocycles. The van der Waals surface area contributed by atoms with Crippen LogP contribution in [-0.4, -0.2) is 39.0 Å². The molecule has 2 heteroatoms. The van der Waals surface area contributed by atoms with Gasteiger partial charge in [0.05, 0.1) is 27.7 Å². The Bertz CT molecular complexity index is 69.9. The Balaban J connectivity index is 3.07. The summed E-state index contributed by atoms with van der Waals surface area (Å²) in [6.07, 6.45) is 1.15. The predicted molar refractivity (Wildman–Crippen MR) is 41.4 cm³/mol. The average molecular weight is 136 g/mol. The summed E-state index contributed by atoms with van der Waals surface area (Å²) in [6, 6.07) is 0. The highest BCUT2D eigenvalue weighted by Crippen LogP contribution is 1.93. The van der Waals surface area contributed by atoms with Crippen molar-refractivity contribution in [2.24, 2.45) is 0 Å². The Hall–Kier alpha value is 0.310. The molecule has 8 heavy (non-hydrogen) atoms. The molecule has 0 radical (unpaired) electrons. The van der Waals surface area contributed by atoms with Crippen molar-refractivity contribution in [2.75, 3.05) is 33.4 Å². The maximum absolute atomic E-state index is 6.82. The molecule has 0 atom stereocenters. The molecule has 0 saturated carbocycles. The second-order valence-electron chi connectivity index (χ2n) is 3.07. The van der Waals surface area contributed by atoms with Crippen molar-refractivity contribution in [3.63, 3.8) is 0 Å². The van der Waals surface area contributed by atoms with E-state index in [0.717, 1.165) is 16.7 Å². The summed E-state index contributed by atoms with van der Waals surface area (Å²) in [5, 5.41) is 0. The van der Waals surface area contributed by atoms with Crippen LogP contribution in [0.5, 0.6) is 0 Å². The fourth-order valence-corrected chi connectivity index (χ4v) is 0.668. The van der Waals surface area contributed by atoms with Crippen LogP contribution in [0.2, 0.25) is 0 Å². The first kappa shape index (κ1) is 6.43. The van der Waals surface area contributed by atoms with Crippen LogP contribution in [0.1, 0.15) is 6.42 Å². The zero-order valence-corrected chi connectivity index (χ0v) is 6.79. The van der Waals surface area contributed by atoms with E-state index in [0.29, 0.717) is 0 Å². The number of hydrogen-bond donors (Lipinski definition) is 1. The summed E-state index contributed by atoms with van der Waals surface area (Å²) in [5.74, 6) is 0.968. The molecule has 0 saturated heterocycles. The Morgan fingerprint density at radius 1 is 1.50 bits per heavy atom. The lowest BCUT2D eigenvalue weighted by atomic mass is 10.4. The first-order valence-electron chi connectivity index (χ1n) is 3.35. The molecule has 0 aliphatic carbocycles. The minimum Gasteiger partial charge on any atom is -0.331 e. The van der Waals surface area contributed by atoms with Gasteiger partial charge in [0.25, 0.3) is 0 Å². The van der Waals surface area contributed by atoms with Gasteiger partial charge in [0.1, 0.15) is 1.12 Å². The summed E-state index contributed by atoms with van der Waals surface area (Å²) in [7, 11) is 6.53. The van der Waals surface area contributed by atoms with Gasteiger partial charge in [-0.15, -0.1) is 0 Å². The third-order valence-corrected chi connectivity index (χ3v) is 1.26. The summed E-state index contributed by atoms with van der Waals surface area (Å²) >= 11 is 1.18. The van der Waals surface area contributed by atoms with Crippen LogP contribution in [-0.2, 0) is 0 Å². The van der Waals surface area contributed by atoms with Crippen LogP contribution in [0.15, 0.2) is 0 Å². The van der Waals surface area contributed by atoms with Crippen LogP contribution in [0.25, 0.3) is 0 Å². The van der Waals surface area contributed by atoms with Crippen molar-refractivity contribution in [3.8, 4) is 0 Å². The molecule has 0 fully saturated rings. The minimum atomic E-state index is 0.968. The second kappa shape index (κ2) is 3.36. The molecular formula is C6H16NS+. The van der Waals surface area contributed by atoms with E-state index in [4.69, 9.17) is 1.12 Å². The fraction of sp³-hybridized carbons (Fsp3) is 1.00. The van der Waals surface area contributed by atoms with Gasteiger partial charge in [-0.1, -0.05) is 0 Å². The third kappa shape index (κ3) is 6.31. The van der Waals surface area contributed by atoms with Gasteiger partial charge in [-0.3, -0.25) is 0 Å². The first-order valence-corrected chi connectivity index (χ1v) is 3.52. The number of nitrogens with zero attached hydrogens (tertiary/aromatic N) is 1. The van der Waals surface area contributed by atoms with Gasteiger partial charge < -0.3 is 4.48 Å². The maximum Gasteiger partial charge on any atom is 0.102 e. The van der Waals surface area contributed by atoms with Crippen molar-refractivity contribution < 1.29 is 4.48 Å². The van der Waals surface area contributed by atoms with Crippen LogP contribution >= 0.6 is 12.5 Å². The highest BCUT2D eigenvalue weighted by Gasteiger charge is 2.03. The van der Waals surface area contributed by atoms with Crippen molar-refractivity contribution >= 4 is 12.5 Å². The molecule has 1 nitrogen and oxygen atoms in total. The van der Waals surface area contributed by atoms with Crippen molar-refractivity contribution in [2.45, 2.75) is 6.42 Å². The lowest BCUT2D eigenvalue weighted by Gasteiger charge is -2.23. The van der Waals surface area contributed by atoms with Gasteiger partial charge in [-0.25, -0.2) is 0 Å².